The van der Waals surface area contributed by atoms with E-state index in [0.29, 0.717) is 30.8 Å². The predicted octanol–water partition coefficient (Wildman–Crippen LogP) is 4.98. The molecule has 1 atom stereocenters. The summed E-state index contributed by atoms with van der Waals surface area (Å²) in [6.45, 7) is 2.80. The topological polar surface area (TPSA) is 57.7 Å². The summed E-state index contributed by atoms with van der Waals surface area (Å²) in [7, 11) is -3.58. The van der Waals surface area contributed by atoms with Gasteiger partial charge in [-0.2, -0.15) is 4.31 Å². The van der Waals surface area contributed by atoms with Gasteiger partial charge in [0.2, 0.25) is 15.9 Å². The monoisotopic (exact) mass is 512 g/mol. The fourth-order valence-corrected chi connectivity index (χ4v) is 6.87. The lowest BCUT2D eigenvalue weighted by molar-refractivity contribution is -0.123. The highest BCUT2D eigenvalue weighted by Crippen LogP contribution is 2.37. The summed E-state index contributed by atoms with van der Waals surface area (Å²) in [4.78, 5) is 15.6. The standard InChI is InChI=1S/C25H25BrN2O3S/c1-17-14-21-15-22(26)7-9-24(21)28(17)25(29)19-10-12-27(13-11-19)32(30,31)23-8-6-18-4-2-3-5-20(18)16-23/h2-9,15-17,19H,10-14H2,1H3. The van der Waals surface area contributed by atoms with Crippen molar-refractivity contribution in [3.8, 4) is 0 Å². The Labute approximate surface area is 197 Å². The maximum atomic E-state index is 13.4. The van der Waals surface area contributed by atoms with Gasteiger partial charge in [0.25, 0.3) is 0 Å². The third kappa shape index (κ3) is 3.76. The first-order valence-corrected chi connectivity index (χ1v) is 13.2. The fourth-order valence-electron chi connectivity index (χ4n) is 4.95. The Morgan fingerprint density at radius 1 is 0.969 bits per heavy atom. The molecule has 32 heavy (non-hydrogen) atoms. The Bertz CT molecular complexity index is 1300. The quantitative estimate of drug-likeness (QED) is 0.497. The number of hydrogen-bond donors (Lipinski definition) is 0. The number of benzene rings is 3. The third-order valence-electron chi connectivity index (χ3n) is 6.66. The van der Waals surface area contributed by atoms with Crippen LogP contribution in [0.3, 0.4) is 0 Å². The van der Waals surface area contributed by atoms with Crippen LogP contribution in [-0.2, 0) is 21.2 Å². The molecule has 2 aliphatic rings. The molecule has 5 rings (SSSR count). The van der Waals surface area contributed by atoms with Crippen molar-refractivity contribution in [2.75, 3.05) is 18.0 Å². The molecule has 166 valence electrons. The molecule has 1 fully saturated rings. The van der Waals surface area contributed by atoms with Gasteiger partial charge >= 0.3 is 0 Å². The van der Waals surface area contributed by atoms with Crippen LogP contribution in [-0.4, -0.2) is 37.8 Å². The van der Waals surface area contributed by atoms with Gasteiger partial charge in [-0.3, -0.25) is 4.79 Å². The second-order valence-electron chi connectivity index (χ2n) is 8.72. The number of nitrogens with zero attached hydrogens (tertiary/aromatic N) is 2. The van der Waals surface area contributed by atoms with E-state index in [1.54, 1.807) is 12.1 Å². The molecule has 0 aliphatic carbocycles. The van der Waals surface area contributed by atoms with Crippen molar-refractivity contribution in [1.29, 1.82) is 0 Å². The predicted molar refractivity (Wildman–Crippen MR) is 130 cm³/mol. The zero-order chi connectivity index (χ0) is 22.5. The molecule has 7 heteroatoms. The average molecular weight is 513 g/mol. The molecule has 2 heterocycles. The van der Waals surface area contributed by atoms with Crippen molar-refractivity contribution in [3.63, 3.8) is 0 Å². The number of sulfonamides is 1. The van der Waals surface area contributed by atoms with Crippen molar-refractivity contribution in [2.45, 2.75) is 37.1 Å². The summed E-state index contributed by atoms with van der Waals surface area (Å²) >= 11 is 3.51. The molecule has 0 bridgehead atoms. The maximum absolute atomic E-state index is 13.4. The minimum Gasteiger partial charge on any atom is -0.309 e. The number of amides is 1. The van der Waals surface area contributed by atoms with Gasteiger partial charge in [0.1, 0.15) is 0 Å². The third-order valence-corrected chi connectivity index (χ3v) is 9.04. The highest BCUT2D eigenvalue weighted by Gasteiger charge is 2.38. The van der Waals surface area contributed by atoms with E-state index in [1.165, 1.54) is 9.87 Å². The lowest BCUT2D eigenvalue weighted by Gasteiger charge is -2.34. The zero-order valence-corrected chi connectivity index (χ0v) is 20.3. The first-order valence-electron chi connectivity index (χ1n) is 10.9. The van der Waals surface area contributed by atoms with Crippen LogP contribution >= 0.6 is 15.9 Å². The van der Waals surface area contributed by atoms with Crippen LogP contribution < -0.4 is 4.90 Å². The van der Waals surface area contributed by atoms with E-state index >= 15 is 0 Å². The Morgan fingerprint density at radius 2 is 1.69 bits per heavy atom. The van der Waals surface area contributed by atoms with Gasteiger partial charge in [0.15, 0.2) is 0 Å². The van der Waals surface area contributed by atoms with E-state index in [1.807, 2.05) is 47.4 Å². The smallest absolute Gasteiger partial charge is 0.243 e. The summed E-state index contributed by atoms with van der Waals surface area (Å²) in [6, 6.07) is 19.2. The normalized spacial score (nSPS) is 19.9. The van der Waals surface area contributed by atoms with Crippen molar-refractivity contribution < 1.29 is 13.2 Å². The highest BCUT2D eigenvalue weighted by molar-refractivity contribution is 9.10. The molecule has 1 amide bonds. The molecule has 3 aromatic rings. The molecular formula is C25H25BrN2O3S. The van der Waals surface area contributed by atoms with E-state index in [9.17, 15) is 13.2 Å². The SMILES string of the molecule is CC1Cc2cc(Br)ccc2N1C(=O)C1CCN(S(=O)(=O)c2ccc3ccccc3c2)CC1. The molecular weight excluding hydrogens is 488 g/mol. The molecule has 0 N–H and O–H groups in total. The summed E-state index contributed by atoms with van der Waals surface area (Å²) in [5, 5.41) is 1.93. The van der Waals surface area contributed by atoms with Crippen molar-refractivity contribution >= 4 is 48.3 Å². The van der Waals surface area contributed by atoms with Crippen molar-refractivity contribution in [1.82, 2.24) is 4.31 Å². The summed E-state index contributed by atoms with van der Waals surface area (Å²) in [6.07, 6.45) is 1.93. The molecule has 3 aromatic carbocycles. The number of hydrogen-bond acceptors (Lipinski definition) is 3. The lowest BCUT2D eigenvalue weighted by Crippen LogP contribution is -2.46. The number of rotatable bonds is 3. The molecule has 1 unspecified atom stereocenters. The Morgan fingerprint density at radius 3 is 2.44 bits per heavy atom. The molecule has 0 radical (unpaired) electrons. The summed E-state index contributed by atoms with van der Waals surface area (Å²) in [5.41, 5.74) is 2.16. The first kappa shape index (κ1) is 21.6. The van der Waals surface area contributed by atoms with Gasteiger partial charge in [-0.05, 0) is 72.9 Å². The highest BCUT2D eigenvalue weighted by atomic mass is 79.9. The van der Waals surface area contributed by atoms with E-state index in [4.69, 9.17) is 0 Å². The molecule has 5 nitrogen and oxygen atoms in total. The molecule has 0 spiro atoms. The Balaban J connectivity index is 1.31. The van der Waals surface area contributed by atoms with E-state index in [-0.39, 0.29) is 17.9 Å². The molecule has 1 saturated heterocycles. The van der Waals surface area contributed by atoms with E-state index < -0.39 is 10.0 Å². The number of anilines is 1. The summed E-state index contributed by atoms with van der Waals surface area (Å²) in [5.74, 6) is -0.0450. The number of carbonyl (C=O) groups is 1. The van der Waals surface area contributed by atoms with E-state index in [2.05, 4.69) is 28.9 Å². The van der Waals surface area contributed by atoms with Crippen molar-refractivity contribution in [3.05, 3.63) is 70.7 Å². The van der Waals surface area contributed by atoms with Gasteiger partial charge < -0.3 is 4.90 Å². The number of carbonyl (C=O) groups excluding carboxylic acids is 1. The van der Waals surface area contributed by atoms with E-state index in [0.717, 1.165) is 27.4 Å². The van der Waals surface area contributed by atoms with Crippen LogP contribution in [0.25, 0.3) is 10.8 Å². The fraction of sp³-hybridized carbons (Fsp3) is 0.320. The zero-order valence-electron chi connectivity index (χ0n) is 17.9. The van der Waals surface area contributed by atoms with Gasteiger partial charge in [-0.15, -0.1) is 0 Å². The second kappa shape index (κ2) is 8.28. The number of piperidine rings is 1. The van der Waals surface area contributed by atoms with Crippen LogP contribution in [0.4, 0.5) is 5.69 Å². The Kier molecular flexibility index (Phi) is 5.60. The molecule has 0 aromatic heterocycles. The minimum atomic E-state index is -3.58. The second-order valence-corrected chi connectivity index (χ2v) is 11.6. The van der Waals surface area contributed by atoms with Gasteiger partial charge in [-0.1, -0.05) is 46.3 Å². The van der Waals surface area contributed by atoms with Crippen LogP contribution in [0, 0.1) is 5.92 Å². The van der Waals surface area contributed by atoms with Crippen LogP contribution in [0.1, 0.15) is 25.3 Å². The molecule has 0 saturated carbocycles. The van der Waals surface area contributed by atoms with Crippen LogP contribution in [0.2, 0.25) is 0 Å². The van der Waals surface area contributed by atoms with Crippen LogP contribution in [0.5, 0.6) is 0 Å². The largest absolute Gasteiger partial charge is 0.309 e. The first-order chi connectivity index (χ1) is 15.3. The maximum Gasteiger partial charge on any atom is 0.243 e. The van der Waals surface area contributed by atoms with Gasteiger partial charge in [0, 0.05) is 35.2 Å². The van der Waals surface area contributed by atoms with Gasteiger partial charge in [-0.25, -0.2) is 8.42 Å². The molecule has 2 aliphatic heterocycles. The van der Waals surface area contributed by atoms with Crippen molar-refractivity contribution in [2.24, 2.45) is 5.92 Å². The van der Waals surface area contributed by atoms with Gasteiger partial charge in [0.05, 0.1) is 4.90 Å². The Hall–Kier alpha value is -2.22. The summed E-state index contributed by atoms with van der Waals surface area (Å²) < 4.78 is 29.0. The average Bonchev–Trinajstić information content (AvgIpc) is 3.13. The minimum absolute atomic E-state index is 0.112. The van der Waals surface area contributed by atoms with Crippen LogP contribution in [0.15, 0.2) is 70.0 Å². The number of halogens is 1. The lowest BCUT2D eigenvalue weighted by atomic mass is 9.96. The number of fused-ring (bicyclic) bond motifs is 2.